The van der Waals surface area contributed by atoms with Gasteiger partial charge in [0.05, 0.1) is 11.7 Å². The molecule has 0 aliphatic heterocycles. The molecule has 1 rings (SSSR count). The van der Waals surface area contributed by atoms with Crippen molar-refractivity contribution in [3.8, 4) is 5.75 Å². The van der Waals surface area contributed by atoms with Crippen molar-refractivity contribution in [3.63, 3.8) is 0 Å². The molecule has 0 fully saturated rings. The highest BCUT2D eigenvalue weighted by Gasteiger charge is 2.03. The Labute approximate surface area is 99.4 Å². The molecule has 0 saturated carbocycles. The van der Waals surface area contributed by atoms with Crippen molar-refractivity contribution in [2.45, 2.75) is 0 Å². The molecule has 0 aliphatic carbocycles. The normalized spacial score (nSPS) is 12.8. The monoisotopic (exact) mass is 278 g/mol. The van der Waals surface area contributed by atoms with Crippen LogP contribution in [0.4, 0.5) is 0 Å². The van der Waals surface area contributed by atoms with Crippen molar-refractivity contribution < 1.29 is 25.6 Å². The van der Waals surface area contributed by atoms with Gasteiger partial charge in [-0.2, -0.15) is 16.8 Å². The summed E-state index contributed by atoms with van der Waals surface area (Å²) in [6.45, 7) is 0. The molecule has 0 radical (unpaired) electrons. The van der Waals surface area contributed by atoms with Crippen molar-refractivity contribution in [1.29, 1.82) is 0 Å². The summed E-state index contributed by atoms with van der Waals surface area (Å²) in [6.07, 6.45) is 2.08. The molecule has 0 aromatic heterocycles. The molecule has 0 bridgehead atoms. The Morgan fingerprint density at radius 1 is 1.12 bits per heavy atom. The number of hydrogen-bond acceptors (Lipinski definition) is 5. The quantitative estimate of drug-likeness (QED) is 0.648. The van der Waals surface area contributed by atoms with Crippen LogP contribution in [0, 0.1) is 0 Å². The minimum Gasteiger partial charge on any atom is -0.383 e. The third-order valence-corrected chi connectivity index (χ3v) is 2.54. The second-order valence-corrected chi connectivity index (χ2v) is 6.05. The van der Waals surface area contributed by atoms with Crippen molar-refractivity contribution in [3.05, 3.63) is 35.2 Å². The lowest BCUT2D eigenvalue weighted by Crippen LogP contribution is -2.05. The molecule has 0 saturated heterocycles. The summed E-state index contributed by atoms with van der Waals surface area (Å²) in [5, 5.41) is 0.624. The smallest absolute Gasteiger partial charge is 0.306 e. The lowest BCUT2D eigenvalue weighted by atomic mass is 10.2. The van der Waals surface area contributed by atoms with Crippen molar-refractivity contribution >= 4 is 26.3 Å². The lowest BCUT2D eigenvalue weighted by Gasteiger charge is -2.02. The molecule has 0 spiro atoms. The van der Waals surface area contributed by atoms with Crippen LogP contribution in [0.2, 0.25) is 0 Å². The van der Waals surface area contributed by atoms with E-state index in [1.807, 2.05) is 0 Å². The standard InChI is InChI=1S/C9H10O6S2/c1-16(10,11)15-9-4-2-8(3-5-9)6-7-17(12,13)14/h2-7H,1H3,(H,12,13,14)/b7-6+. The summed E-state index contributed by atoms with van der Waals surface area (Å²) in [4.78, 5) is 0. The molecule has 1 N–H and O–H groups in total. The molecule has 17 heavy (non-hydrogen) atoms. The van der Waals surface area contributed by atoms with E-state index in [9.17, 15) is 16.8 Å². The van der Waals surface area contributed by atoms with E-state index in [0.29, 0.717) is 11.0 Å². The Kier molecular flexibility index (Phi) is 3.91. The molecule has 6 nitrogen and oxygen atoms in total. The first-order chi connectivity index (χ1) is 7.66. The largest absolute Gasteiger partial charge is 0.383 e. The zero-order chi connectivity index (χ0) is 13.1. The van der Waals surface area contributed by atoms with Crippen LogP contribution in [0.15, 0.2) is 29.7 Å². The first kappa shape index (κ1) is 13.7. The Hall–Kier alpha value is -1.38. The van der Waals surface area contributed by atoms with Crippen LogP contribution >= 0.6 is 0 Å². The number of rotatable bonds is 4. The average molecular weight is 278 g/mol. The van der Waals surface area contributed by atoms with Gasteiger partial charge in [0.2, 0.25) is 0 Å². The summed E-state index contributed by atoms with van der Waals surface area (Å²) in [5.74, 6) is 0.122. The van der Waals surface area contributed by atoms with Gasteiger partial charge in [0.25, 0.3) is 10.1 Å². The van der Waals surface area contributed by atoms with Gasteiger partial charge < -0.3 is 4.18 Å². The Morgan fingerprint density at radius 2 is 1.65 bits per heavy atom. The van der Waals surface area contributed by atoms with Crippen LogP contribution in [-0.2, 0) is 20.2 Å². The van der Waals surface area contributed by atoms with E-state index >= 15 is 0 Å². The van der Waals surface area contributed by atoms with Crippen molar-refractivity contribution in [2.24, 2.45) is 0 Å². The van der Waals surface area contributed by atoms with Crippen molar-refractivity contribution in [2.75, 3.05) is 6.26 Å². The third kappa shape index (κ3) is 6.05. The van der Waals surface area contributed by atoms with Crippen LogP contribution in [-0.4, -0.2) is 27.6 Å². The molecular weight excluding hydrogens is 268 g/mol. The van der Waals surface area contributed by atoms with Gasteiger partial charge in [0, 0.05) is 0 Å². The highest BCUT2D eigenvalue weighted by Crippen LogP contribution is 2.14. The SMILES string of the molecule is CS(=O)(=O)Oc1ccc(/C=C/S(=O)(=O)O)cc1. The van der Waals surface area contributed by atoms with E-state index < -0.39 is 20.2 Å². The molecule has 0 amide bonds. The first-order valence-corrected chi connectivity index (χ1v) is 7.63. The van der Waals surface area contributed by atoms with E-state index in [1.165, 1.54) is 30.3 Å². The molecule has 1 aromatic rings. The molecule has 8 heteroatoms. The van der Waals surface area contributed by atoms with Gasteiger partial charge in [-0.1, -0.05) is 12.1 Å². The average Bonchev–Trinajstić information content (AvgIpc) is 2.13. The summed E-state index contributed by atoms with van der Waals surface area (Å²) >= 11 is 0. The minimum absolute atomic E-state index is 0.122. The zero-order valence-electron chi connectivity index (χ0n) is 8.77. The molecular formula is C9H10O6S2. The number of hydrogen-bond donors (Lipinski definition) is 1. The minimum atomic E-state index is -4.17. The maximum absolute atomic E-state index is 10.8. The van der Waals surface area contributed by atoms with Gasteiger partial charge in [-0.05, 0) is 23.8 Å². The second kappa shape index (κ2) is 4.86. The highest BCUT2D eigenvalue weighted by atomic mass is 32.2. The Morgan fingerprint density at radius 3 is 2.06 bits per heavy atom. The van der Waals surface area contributed by atoms with Crippen molar-refractivity contribution in [1.82, 2.24) is 0 Å². The van der Waals surface area contributed by atoms with E-state index in [-0.39, 0.29) is 5.75 Å². The highest BCUT2D eigenvalue weighted by molar-refractivity contribution is 7.88. The molecule has 1 aromatic carbocycles. The predicted octanol–water partition coefficient (Wildman–Crippen LogP) is 0.884. The fourth-order valence-corrected chi connectivity index (χ4v) is 1.76. The molecule has 94 valence electrons. The maximum atomic E-state index is 10.8. The fourth-order valence-electron chi connectivity index (χ4n) is 0.974. The van der Waals surface area contributed by atoms with Crippen LogP contribution < -0.4 is 4.18 Å². The fraction of sp³-hybridized carbons (Fsp3) is 0.111. The topological polar surface area (TPSA) is 97.7 Å². The van der Waals surface area contributed by atoms with Gasteiger partial charge in [-0.3, -0.25) is 4.55 Å². The molecule has 0 aliphatic rings. The molecule has 0 heterocycles. The summed E-state index contributed by atoms with van der Waals surface area (Å²) < 4.78 is 55.5. The second-order valence-electron chi connectivity index (χ2n) is 3.17. The third-order valence-electron chi connectivity index (χ3n) is 1.56. The van der Waals surface area contributed by atoms with Crippen LogP contribution in [0.25, 0.3) is 6.08 Å². The maximum Gasteiger partial charge on any atom is 0.306 e. The summed E-state index contributed by atoms with van der Waals surface area (Å²) in [5.41, 5.74) is 0.475. The van der Waals surface area contributed by atoms with E-state index in [0.717, 1.165) is 6.26 Å². The van der Waals surface area contributed by atoms with Gasteiger partial charge >= 0.3 is 10.1 Å². The Bertz CT molecular complexity index is 610. The zero-order valence-corrected chi connectivity index (χ0v) is 10.4. The van der Waals surface area contributed by atoms with Gasteiger partial charge in [-0.15, -0.1) is 0 Å². The van der Waals surface area contributed by atoms with Crippen LogP contribution in [0.1, 0.15) is 5.56 Å². The van der Waals surface area contributed by atoms with Gasteiger partial charge in [0.1, 0.15) is 5.75 Å². The predicted molar refractivity (Wildman–Crippen MR) is 62.5 cm³/mol. The Balaban J connectivity index is 2.86. The van der Waals surface area contributed by atoms with E-state index in [4.69, 9.17) is 4.55 Å². The first-order valence-electron chi connectivity index (χ1n) is 4.31. The lowest BCUT2D eigenvalue weighted by molar-refractivity contribution is 0.491. The number of benzene rings is 1. The van der Waals surface area contributed by atoms with E-state index in [1.54, 1.807) is 0 Å². The van der Waals surface area contributed by atoms with Gasteiger partial charge in [0.15, 0.2) is 0 Å². The molecule has 0 unspecified atom stereocenters. The van der Waals surface area contributed by atoms with Crippen LogP contribution in [0.5, 0.6) is 5.75 Å². The van der Waals surface area contributed by atoms with E-state index in [2.05, 4.69) is 4.18 Å². The molecule has 0 atom stereocenters. The van der Waals surface area contributed by atoms with Gasteiger partial charge in [-0.25, -0.2) is 0 Å². The summed E-state index contributed by atoms with van der Waals surface area (Å²) in [6, 6.07) is 5.62. The summed E-state index contributed by atoms with van der Waals surface area (Å²) in [7, 11) is -7.75. The van der Waals surface area contributed by atoms with Crippen LogP contribution in [0.3, 0.4) is 0 Å².